The molecular formula is C13H18ClN5. The lowest BCUT2D eigenvalue weighted by Crippen LogP contribution is -2.45. The lowest BCUT2D eigenvalue weighted by molar-refractivity contribution is 0.152. The molecule has 0 saturated carbocycles. The minimum atomic E-state index is 0. The summed E-state index contributed by atoms with van der Waals surface area (Å²) in [6, 6.07) is 6.63. The molecule has 0 radical (unpaired) electrons. The fourth-order valence-electron chi connectivity index (χ4n) is 2.44. The Kier molecular flexibility index (Phi) is 4.90. The molecule has 0 aliphatic carbocycles. The molecule has 3 heterocycles. The molecule has 0 bridgehead atoms. The summed E-state index contributed by atoms with van der Waals surface area (Å²) >= 11 is 0. The molecule has 1 unspecified atom stereocenters. The van der Waals surface area contributed by atoms with E-state index in [1.165, 1.54) is 5.56 Å². The summed E-state index contributed by atoms with van der Waals surface area (Å²) in [6.45, 7) is 3.98. The Bertz CT molecular complexity index is 473. The smallest absolute Gasteiger partial charge is 0.0492 e. The van der Waals surface area contributed by atoms with Crippen molar-refractivity contribution < 1.29 is 0 Å². The van der Waals surface area contributed by atoms with Crippen molar-refractivity contribution in [1.82, 2.24) is 25.4 Å². The number of pyridine rings is 1. The van der Waals surface area contributed by atoms with Crippen LogP contribution in [-0.2, 0) is 6.54 Å². The molecule has 1 saturated heterocycles. The second kappa shape index (κ2) is 6.65. The molecule has 102 valence electrons. The van der Waals surface area contributed by atoms with Crippen molar-refractivity contribution in [3.05, 3.63) is 48.0 Å². The lowest BCUT2D eigenvalue weighted by atomic mass is 10.0. The third-order valence-electron chi connectivity index (χ3n) is 3.38. The molecule has 5 nitrogen and oxygen atoms in total. The number of piperazine rings is 1. The van der Waals surface area contributed by atoms with Crippen LogP contribution in [0, 0.1) is 0 Å². The van der Waals surface area contributed by atoms with Gasteiger partial charge in [0, 0.05) is 56.5 Å². The van der Waals surface area contributed by atoms with E-state index in [2.05, 4.69) is 37.5 Å². The molecule has 0 amide bonds. The number of hydrogen-bond acceptors (Lipinski definition) is 4. The Balaban J connectivity index is 0.00000133. The predicted molar refractivity (Wildman–Crippen MR) is 76.1 cm³/mol. The van der Waals surface area contributed by atoms with Crippen LogP contribution in [0.3, 0.4) is 0 Å². The van der Waals surface area contributed by atoms with Gasteiger partial charge in [-0.05, 0) is 23.8 Å². The Labute approximate surface area is 118 Å². The summed E-state index contributed by atoms with van der Waals surface area (Å²) in [5.74, 6) is 0. The molecule has 0 aromatic carbocycles. The predicted octanol–water partition coefficient (Wildman–Crippen LogP) is 1.37. The standard InChI is InChI=1S/C13H17N5.ClH/c1-4-14-5-2-11(1)13-9-15-7-8-18(13)10-12-3-6-16-17-12;/h1-6,13,15H,7-10H2,(H,16,17);1H. The number of nitrogens with one attached hydrogen (secondary N) is 2. The van der Waals surface area contributed by atoms with Gasteiger partial charge in [-0.1, -0.05) is 0 Å². The van der Waals surface area contributed by atoms with E-state index in [1.807, 2.05) is 18.5 Å². The minimum Gasteiger partial charge on any atom is -0.314 e. The van der Waals surface area contributed by atoms with Crippen LogP contribution in [0.15, 0.2) is 36.8 Å². The number of halogens is 1. The van der Waals surface area contributed by atoms with Crippen LogP contribution >= 0.6 is 12.4 Å². The number of H-pyrrole nitrogens is 1. The molecule has 3 rings (SSSR count). The average Bonchev–Trinajstić information content (AvgIpc) is 2.93. The number of nitrogens with zero attached hydrogens (tertiary/aromatic N) is 3. The fraction of sp³-hybridized carbons (Fsp3) is 0.385. The highest BCUT2D eigenvalue weighted by Gasteiger charge is 2.23. The number of aromatic nitrogens is 3. The van der Waals surface area contributed by atoms with E-state index in [9.17, 15) is 0 Å². The highest BCUT2D eigenvalue weighted by molar-refractivity contribution is 5.85. The second-order valence-corrected chi connectivity index (χ2v) is 4.55. The maximum Gasteiger partial charge on any atom is 0.0492 e. The zero-order valence-electron chi connectivity index (χ0n) is 10.6. The zero-order valence-corrected chi connectivity index (χ0v) is 11.4. The Hall–Kier alpha value is -1.43. The van der Waals surface area contributed by atoms with Crippen LogP contribution in [0.2, 0.25) is 0 Å². The number of rotatable bonds is 3. The van der Waals surface area contributed by atoms with E-state index in [4.69, 9.17) is 0 Å². The van der Waals surface area contributed by atoms with E-state index < -0.39 is 0 Å². The van der Waals surface area contributed by atoms with Gasteiger partial charge in [0.05, 0.1) is 0 Å². The summed E-state index contributed by atoms with van der Waals surface area (Å²) in [5, 5.41) is 10.5. The molecular weight excluding hydrogens is 262 g/mol. The summed E-state index contributed by atoms with van der Waals surface area (Å²) in [6.07, 6.45) is 5.52. The highest BCUT2D eigenvalue weighted by Crippen LogP contribution is 2.22. The average molecular weight is 280 g/mol. The van der Waals surface area contributed by atoms with E-state index in [0.29, 0.717) is 6.04 Å². The third kappa shape index (κ3) is 3.32. The largest absolute Gasteiger partial charge is 0.314 e. The van der Waals surface area contributed by atoms with Crippen molar-refractivity contribution in [3.8, 4) is 0 Å². The third-order valence-corrected chi connectivity index (χ3v) is 3.38. The molecule has 1 fully saturated rings. The summed E-state index contributed by atoms with van der Waals surface area (Å²) in [5.41, 5.74) is 2.48. The quantitative estimate of drug-likeness (QED) is 0.891. The van der Waals surface area contributed by atoms with Crippen molar-refractivity contribution in [3.63, 3.8) is 0 Å². The van der Waals surface area contributed by atoms with Crippen molar-refractivity contribution >= 4 is 12.4 Å². The Morgan fingerprint density at radius 2 is 2.05 bits per heavy atom. The number of hydrogen-bond donors (Lipinski definition) is 2. The van der Waals surface area contributed by atoms with Crippen molar-refractivity contribution in [1.29, 1.82) is 0 Å². The van der Waals surface area contributed by atoms with Gasteiger partial charge in [-0.15, -0.1) is 12.4 Å². The molecule has 2 N–H and O–H groups in total. The van der Waals surface area contributed by atoms with E-state index in [0.717, 1.165) is 31.9 Å². The number of aromatic amines is 1. The topological polar surface area (TPSA) is 56.8 Å². The van der Waals surface area contributed by atoms with Crippen molar-refractivity contribution in [2.24, 2.45) is 0 Å². The lowest BCUT2D eigenvalue weighted by Gasteiger charge is -2.36. The molecule has 2 aromatic rings. The molecule has 1 aliphatic rings. The molecule has 0 spiro atoms. The first kappa shape index (κ1) is 14.0. The maximum atomic E-state index is 4.09. The van der Waals surface area contributed by atoms with Crippen LogP contribution in [0.25, 0.3) is 0 Å². The van der Waals surface area contributed by atoms with Crippen molar-refractivity contribution in [2.45, 2.75) is 12.6 Å². The maximum absolute atomic E-state index is 4.09. The van der Waals surface area contributed by atoms with Gasteiger partial charge < -0.3 is 5.32 Å². The van der Waals surface area contributed by atoms with Gasteiger partial charge >= 0.3 is 0 Å². The molecule has 1 atom stereocenters. The first-order valence-corrected chi connectivity index (χ1v) is 6.26. The summed E-state index contributed by atoms with van der Waals surface area (Å²) in [4.78, 5) is 6.56. The van der Waals surface area contributed by atoms with Crippen molar-refractivity contribution in [2.75, 3.05) is 19.6 Å². The first-order valence-electron chi connectivity index (χ1n) is 6.26. The first-order chi connectivity index (χ1) is 8.93. The van der Waals surface area contributed by atoms with Crippen LogP contribution in [0.5, 0.6) is 0 Å². The minimum absolute atomic E-state index is 0. The molecule has 6 heteroatoms. The van der Waals surface area contributed by atoms with Gasteiger partial charge in [-0.25, -0.2) is 0 Å². The van der Waals surface area contributed by atoms with Gasteiger partial charge in [0.15, 0.2) is 0 Å². The van der Waals surface area contributed by atoms with Crippen LogP contribution in [-0.4, -0.2) is 39.7 Å². The monoisotopic (exact) mass is 279 g/mol. The normalized spacial score (nSPS) is 19.9. The summed E-state index contributed by atoms with van der Waals surface area (Å²) < 4.78 is 0. The highest BCUT2D eigenvalue weighted by atomic mass is 35.5. The van der Waals surface area contributed by atoms with E-state index >= 15 is 0 Å². The van der Waals surface area contributed by atoms with Gasteiger partial charge in [0.1, 0.15) is 0 Å². The SMILES string of the molecule is Cl.c1cc(C2CNCCN2Cc2ccn[nH]2)ccn1. The molecule has 19 heavy (non-hydrogen) atoms. The van der Waals surface area contributed by atoms with E-state index in [-0.39, 0.29) is 12.4 Å². The zero-order chi connectivity index (χ0) is 12.2. The van der Waals surface area contributed by atoms with Gasteiger partial charge in [0.2, 0.25) is 0 Å². The van der Waals surface area contributed by atoms with Crippen LogP contribution in [0.1, 0.15) is 17.3 Å². The van der Waals surface area contributed by atoms with Gasteiger partial charge in [-0.2, -0.15) is 5.10 Å². The molecule has 2 aromatic heterocycles. The van der Waals surface area contributed by atoms with Crippen LogP contribution in [0.4, 0.5) is 0 Å². The van der Waals surface area contributed by atoms with Gasteiger partial charge in [0.25, 0.3) is 0 Å². The fourth-order valence-corrected chi connectivity index (χ4v) is 2.44. The Morgan fingerprint density at radius 1 is 1.21 bits per heavy atom. The van der Waals surface area contributed by atoms with Gasteiger partial charge in [-0.3, -0.25) is 15.0 Å². The van der Waals surface area contributed by atoms with E-state index in [1.54, 1.807) is 6.20 Å². The Morgan fingerprint density at radius 3 is 2.79 bits per heavy atom. The molecule has 1 aliphatic heterocycles. The second-order valence-electron chi connectivity index (χ2n) is 4.55. The van der Waals surface area contributed by atoms with Crippen LogP contribution < -0.4 is 5.32 Å². The summed E-state index contributed by atoms with van der Waals surface area (Å²) in [7, 11) is 0.